The fourth-order valence-corrected chi connectivity index (χ4v) is 6.58. The van der Waals surface area contributed by atoms with Crippen LogP contribution in [0.25, 0.3) is 0 Å². The van der Waals surface area contributed by atoms with Gasteiger partial charge in [0.05, 0.1) is 57.9 Å². The standard InChI is InChI=1S/C42H48N14O3/c1-4-34-22-40(7-1)57-31-37-28-54(49-46-37)19-16-53-17-20-55-29-38(47-50-55)32-58-41-8-2-5-35(23-41)26-44-11-14-52(13-10-43-25-34)15-12-45-27-36-6-3-9-42(24-36)59-33-39-30-56(21-18-53)51-48-39/h1-9,22-30H,10-21,31-33H2. The van der Waals surface area contributed by atoms with Crippen LogP contribution in [0.4, 0.5) is 0 Å². The summed E-state index contributed by atoms with van der Waals surface area (Å²) in [6.45, 7) is 9.12. The number of nitrogens with zero attached hydrogens (tertiary/aromatic N) is 14. The Hall–Kier alpha value is -6.59. The highest BCUT2D eigenvalue weighted by molar-refractivity contribution is 5.81. The van der Waals surface area contributed by atoms with Crippen LogP contribution >= 0.6 is 0 Å². The van der Waals surface area contributed by atoms with Gasteiger partial charge in [-0.1, -0.05) is 52.0 Å². The normalized spacial score (nSPS) is 18.7. The molecule has 3 aromatic heterocycles. The first-order chi connectivity index (χ1) is 29.1. The highest BCUT2D eigenvalue weighted by Gasteiger charge is 2.12. The van der Waals surface area contributed by atoms with Crippen molar-refractivity contribution < 1.29 is 14.2 Å². The average Bonchev–Trinajstić information content (AvgIpc) is 4.04. The summed E-state index contributed by atoms with van der Waals surface area (Å²) in [6.07, 6.45) is 11.5. The van der Waals surface area contributed by atoms with Crippen molar-refractivity contribution in [3.63, 3.8) is 0 Å². The fourth-order valence-electron chi connectivity index (χ4n) is 6.58. The summed E-state index contributed by atoms with van der Waals surface area (Å²) in [5, 5.41) is 26.3. The van der Waals surface area contributed by atoms with Crippen LogP contribution in [0.5, 0.6) is 17.2 Å². The molecule has 3 aromatic carbocycles. The molecule has 0 fully saturated rings. The second kappa shape index (κ2) is 20.2. The van der Waals surface area contributed by atoms with Gasteiger partial charge in [0.15, 0.2) is 0 Å². The Kier molecular flexibility index (Phi) is 13.4. The Labute approximate surface area is 342 Å². The monoisotopic (exact) mass is 796 g/mol. The first kappa shape index (κ1) is 39.2. The molecular weight excluding hydrogens is 749 g/mol. The maximum atomic E-state index is 6.12. The molecule has 0 N–H and O–H groups in total. The zero-order valence-electron chi connectivity index (χ0n) is 33.0. The molecule has 6 heterocycles. The third-order valence-electron chi connectivity index (χ3n) is 9.79. The van der Waals surface area contributed by atoms with Gasteiger partial charge in [0.2, 0.25) is 0 Å². The van der Waals surface area contributed by atoms with Crippen molar-refractivity contribution in [1.29, 1.82) is 0 Å². The smallest absolute Gasteiger partial charge is 0.134 e. The van der Waals surface area contributed by atoms with E-state index in [-0.39, 0.29) is 0 Å². The highest BCUT2D eigenvalue weighted by Crippen LogP contribution is 2.16. The minimum atomic E-state index is 0.302. The van der Waals surface area contributed by atoms with Crippen molar-refractivity contribution in [3.05, 3.63) is 125 Å². The number of fused-ring (bicyclic) bond motifs is 12. The number of hydrogen-bond acceptors (Lipinski definition) is 14. The molecule has 0 radical (unpaired) electrons. The van der Waals surface area contributed by atoms with Gasteiger partial charge >= 0.3 is 0 Å². The largest absolute Gasteiger partial charge is 0.487 e. The summed E-state index contributed by atoms with van der Waals surface area (Å²) in [5.74, 6) is 2.23. The van der Waals surface area contributed by atoms with Crippen molar-refractivity contribution in [1.82, 2.24) is 54.8 Å². The Morgan fingerprint density at radius 3 is 1.08 bits per heavy atom. The van der Waals surface area contributed by atoms with Crippen LogP contribution in [0.3, 0.4) is 0 Å². The number of rotatable bonds is 0. The van der Waals surface area contributed by atoms with Gasteiger partial charge in [-0.15, -0.1) is 15.3 Å². The van der Waals surface area contributed by atoms with E-state index in [1.54, 1.807) is 0 Å². The number of hydrogen-bond donors (Lipinski definition) is 0. The van der Waals surface area contributed by atoms with Crippen LogP contribution in [0.1, 0.15) is 33.8 Å². The van der Waals surface area contributed by atoms with Gasteiger partial charge in [-0.3, -0.25) is 38.8 Å². The van der Waals surface area contributed by atoms with E-state index in [0.29, 0.717) is 59.1 Å². The molecule has 0 atom stereocenters. The summed E-state index contributed by atoms with van der Waals surface area (Å²) in [4.78, 5) is 19.0. The van der Waals surface area contributed by atoms with Gasteiger partial charge < -0.3 is 14.2 Å². The molecule has 3 aliphatic rings. The van der Waals surface area contributed by atoms with E-state index in [9.17, 15) is 0 Å². The van der Waals surface area contributed by atoms with Crippen molar-refractivity contribution in [3.8, 4) is 17.2 Å². The minimum Gasteiger partial charge on any atom is -0.487 e. The topological polar surface area (TPSA) is 163 Å². The van der Waals surface area contributed by atoms with Crippen LogP contribution in [-0.2, 0) is 39.5 Å². The Bertz CT molecular complexity index is 2080. The number of benzene rings is 3. The summed E-state index contributed by atoms with van der Waals surface area (Å²) in [5.41, 5.74) is 5.14. The summed E-state index contributed by atoms with van der Waals surface area (Å²) in [6, 6.07) is 23.8. The van der Waals surface area contributed by atoms with Crippen LogP contribution in [0, 0.1) is 0 Å². The lowest BCUT2D eigenvalue weighted by atomic mass is 10.2. The van der Waals surface area contributed by atoms with Crippen LogP contribution in [0.15, 0.2) is 106 Å². The summed E-state index contributed by atoms with van der Waals surface area (Å²) < 4.78 is 23.9. The van der Waals surface area contributed by atoms with E-state index in [1.165, 1.54) is 0 Å². The molecule has 14 bridgehead atoms. The molecule has 59 heavy (non-hydrogen) atoms. The lowest BCUT2D eigenvalue weighted by Crippen LogP contribution is -2.34. The van der Waals surface area contributed by atoms with Gasteiger partial charge in [0.1, 0.15) is 54.2 Å². The molecule has 9 rings (SSSR count). The SMILES string of the molecule is C1=NCCN2CCN=Cc3cccc(c3)OCc3cn(nn3)CCN(CCn3cc(nn3)COc3cccc1c3)CCn1cc(nn1)COc1cccc(c1)C=NCC2. The molecule has 3 aliphatic heterocycles. The predicted octanol–water partition coefficient (Wildman–Crippen LogP) is 3.49. The zero-order chi connectivity index (χ0) is 39.9. The fraction of sp³-hybridized carbons (Fsp3) is 0.357. The molecule has 6 aromatic rings. The maximum absolute atomic E-state index is 6.12. The lowest BCUT2D eigenvalue weighted by Gasteiger charge is -2.21. The van der Waals surface area contributed by atoms with Gasteiger partial charge in [-0.25, -0.2) is 0 Å². The molecule has 0 saturated carbocycles. The van der Waals surface area contributed by atoms with Crippen molar-refractivity contribution in [2.75, 3.05) is 58.9 Å². The quantitative estimate of drug-likeness (QED) is 0.221. The third-order valence-corrected chi connectivity index (χ3v) is 9.79. The minimum absolute atomic E-state index is 0.302. The van der Waals surface area contributed by atoms with Gasteiger partial charge in [0.25, 0.3) is 0 Å². The highest BCUT2D eigenvalue weighted by atomic mass is 16.5. The van der Waals surface area contributed by atoms with E-state index in [2.05, 4.69) is 40.7 Å². The third kappa shape index (κ3) is 12.2. The molecule has 17 nitrogen and oxygen atoms in total. The van der Waals surface area contributed by atoms with E-state index < -0.39 is 0 Å². The van der Waals surface area contributed by atoms with Gasteiger partial charge in [-0.05, 0) is 53.1 Å². The molecular formula is C42H48N14O3. The first-order valence-corrected chi connectivity index (χ1v) is 19.9. The summed E-state index contributed by atoms with van der Waals surface area (Å²) >= 11 is 0. The van der Waals surface area contributed by atoms with E-state index in [4.69, 9.17) is 29.2 Å². The Morgan fingerprint density at radius 2 is 0.729 bits per heavy atom. The average molecular weight is 797 g/mol. The predicted molar refractivity (Wildman–Crippen MR) is 223 cm³/mol. The maximum Gasteiger partial charge on any atom is 0.134 e. The summed E-state index contributed by atoms with van der Waals surface area (Å²) in [7, 11) is 0. The Morgan fingerprint density at radius 1 is 0.390 bits per heavy atom. The van der Waals surface area contributed by atoms with E-state index >= 15 is 0 Å². The second-order valence-electron chi connectivity index (χ2n) is 14.3. The van der Waals surface area contributed by atoms with Crippen molar-refractivity contribution in [2.24, 2.45) is 15.0 Å². The van der Waals surface area contributed by atoms with Crippen LogP contribution < -0.4 is 14.2 Å². The van der Waals surface area contributed by atoms with Crippen LogP contribution in [0.2, 0.25) is 0 Å². The van der Waals surface area contributed by atoms with Gasteiger partial charge in [-0.2, -0.15) is 0 Å². The second-order valence-corrected chi connectivity index (χ2v) is 14.3. The molecule has 0 aliphatic carbocycles. The molecule has 0 unspecified atom stereocenters. The zero-order valence-corrected chi connectivity index (χ0v) is 33.0. The Balaban J connectivity index is 1.06. The molecule has 17 heteroatoms. The first-order valence-electron chi connectivity index (χ1n) is 19.9. The number of aliphatic imine (C=N–C) groups is 3. The van der Waals surface area contributed by atoms with Crippen LogP contribution in [-0.4, -0.2) is 132 Å². The molecule has 0 spiro atoms. The number of aromatic nitrogens is 9. The van der Waals surface area contributed by atoms with Crippen molar-refractivity contribution in [2.45, 2.75) is 39.5 Å². The van der Waals surface area contributed by atoms with E-state index in [0.717, 1.165) is 90.3 Å². The van der Waals surface area contributed by atoms with E-state index in [1.807, 2.05) is 124 Å². The molecule has 304 valence electrons. The van der Waals surface area contributed by atoms with Gasteiger partial charge in [0, 0.05) is 57.9 Å². The van der Waals surface area contributed by atoms with Crippen molar-refractivity contribution >= 4 is 18.6 Å². The number of ether oxygens (including phenoxy) is 3. The molecule has 0 amide bonds. The lowest BCUT2D eigenvalue weighted by molar-refractivity contribution is 0.231. The molecule has 0 saturated heterocycles.